The van der Waals surface area contributed by atoms with Crippen molar-refractivity contribution in [1.29, 1.82) is 0 Å². The van der Waals surface area contributed by atoms with Crippen LogP contribution in [0.5, 0.6) is 0 Å². The SMILES string of the molecule is CNc1nc2ccc(CCN(C)C(OCC=O)c3cn(-c4ccc(Br)cc4)nc3-c3ccc(F)cc3)cc2[nH]1. The molecule has 0 radical (unpaired) electrons. The van der Waals surface area contributed by atoms with Crippen molar-refractivity contribution in [2.24, 2.45) is 0 Å². The molecule has 3 aromatic carbocycles. The monoisotopic (exact) mass is 590 g/mol. The first-order chi connectivity index (χ1) is 18.9. The van der Waals surface area contributed by atoms with Crippen molar-refractivity contribution in [1.82, 2.24) is 24.6 Å². The van der Waals surface area contributed by atoms with E-state index in [2.05, 4.69) is 48.2 Å². The number of benzene rings is 3. The standard InChI is InChI=1S/C29H28BrFN6O2/c1-32-29-33-25-12-3-19(17-26(25)34-29)13-14-36(2)28(39-16-15-38)24-18-37(23-10-6-21(30)7-11-23)35-27(24)20-4-8-22(31)9-5-20/h3-12,15,17-18,28H,13-14,16H2,1-2H3,(H2,32,33,34). The van der Waals surface area contributed by atoms with Gasteiger partial charge < -0.3 is 19.8 Å². The van der Waals surface area contributed by atoms with Crippen LogP contribution >= 0.6 is 15.9 Å². The Morgan fingerprint density at radius 2 is 1.92 bits per heavy atom. The van der Waals surface area contributed by atoms with Crippen LogP contribution in [0.3, 0.4) is 0 Å². The molecular weight excluding hydrogens is 563 g/mol. The Bertz CT molecular complexity index is 1570. The van der Waals surface area contributed by atoms with E-state index in [0.717, 1.165) is 56.5 Å². The van der Waals surface area contributed by atoms with E-state index in [1.54, 1.807) is 16.8 Å². The highest BCUT2D eigenvalue weighted by Gasteiger charge is 2.25. The lowest BCUT2D eigenvalue weighted by Crippen LogP contribution is -2.29. The van der Waals surface area contributed by atoms with Gasteiger partial charge in [-0.05, 0) is 79.7 Å². The van der Waals surface area contributed by atoms with Crippen LogP contribution in [0.4, 0.5) is 10.3 Å². The molecule has 8 nitrogen and oxygen atoms in total. The van der Waals surface area contributed by atoms with E-state index < -0.39 is 6.23 Å². The molecule has 2 aromatic heterocycles. The number of fused-ring (bicyclic) bond motifs is 1. The number of H-pyrrole nitrogens is 1. The van der Waals surface area contributed by atoms with Crippen LogP contribution in [0, 0.1) is 5.82 Å². The molecule has 5 rings (SSSR count). The number of aromatic nitrogens is 4. The van der Waals surface area contributed by atoms with Crippen LogP contribution in [0.2, 0.25) is 0 Å². The van der Waals surface area contributed by atoms with Crippen molar-refractivity contribution in [2.75, 3.05) is 32.6 Å². The molecule has 0 aliphatic heterocycles. The van der Waals surface area contributed by atoms with E-state index in [1.807, 2.05) is 50.6 Å². The van der Waals surface area contributed by atoms with E-state index in [4.69, 9.17) is 9.84 Å². The normalized spacial score (nSPS) is 12.2. The van der Waals surface area contributed by atoms with Gasteiger partial charge in [-0.25, -0.2) is 14.1 Å². The van der Waals surface area contributed by atoms with Gasteiger partial charge in [0.2, 0.25) is 5.95 Å². The molecule has 2 heterocycles. The summed E-state index contributed by atoms with van der Waals surface area (Å²) in [4.78, 5) is 21.1. The summed E-state index contributed by atoms with van der Waals surface area (Å²) in [6.45, 7) is 0.572. The number of imidazole rings is 1. The number of ether oxygens (including phenoxy) is 1. The van der Waals surface area contributed by atoms with Gasteiger partial charge in [0, 0.05) is 35.4 Å². The first-order valence-corrected chi connectivity index (χ1v) is 13.3. The van der Waals surface area contributed by atoms with Gasteiger partial charge in [0.25, 0.3) is 0 Å². The van der Waals surface area contributed by atoms with Gasteiger partial charge in [0.05, 0.1) is 22.4 Å². The third-order valence-electron chi connectivity index (χ3n) is 6.48. The summed E-state index contributed by atoms with van der Waals surface area (Å²) in [5.41, 5.74) is 6.03. The molecule has 0 aliphatic rings. The lowest BCUT2D eigenvalue weighted by molar-refractivity contribution is -0.119. The molecule has 5 aromatic rings. The molecule has 39 heavy (non-hydrogen) atoms. The predicted molar refractivity (Wildman–Crippen MR) is 153 cm³/mol. The predicted octanol–water partition coefficient (Wildman–Crippen LogP) is 5.75. The van der Waals surface area contributed by atoms with Gasteiger partial charge in [0.15, 0.2) is 0 Å². The Morgan fingerprint density at radius 1 is 1.15 bits per heavy atom. The van der Waals surface area contributed by atoms with Crippen molar-refractivity contribution in [3.63, 3.8) is 0 Å². The molecule has 200 valence electrons. The molecule has 0 aliphatic carbocycles. The third kappa shape index (κ3) is 6.08. The first kappa shape index (κ1) is 26.7. The summed E-state index contributed by atoms with van der Waals surface area (Å²) in [5, 5.41) is 7.88. The zero-order chi connectivity index (χ0) is 27.4. The highest BCUT2D eigenvalue weighted by Crippen LogP contribution is 2.32. The van der Waals surface area contributed by atoms with Crippen molar-refractivity contribution >= 4 is 39.2 Å². The van der Waals surface area contributed by atoms with Crippen molar-refractivity contribution in [3.8, 4) is 16.9 Å². The number of halogens is 2. The van der Waals surface area contributed by atoms with Crippen LogP contribution < -0.4 is 5.32 Å². The van der Waals surface area contributed by atoms with Crippen LogP contribution in [0.1, 0.15) is 17.4 Å². The second-order valence-corrected chi connectivity index (χ2v) is 10.0. The van der Waals surface area contributed by atoms with E-state index in [1.165, 1.54) is 12.1 Å². The second-order valence-electron chi connectivity index (χ2n) is 9.13. The van der Waals surface area contributed by atoms with Crippen LogP contribution in [0.15, 0.2) is 77.4 Å². The Hall–Kier alpha value is -3.86. The zero-order valence-electron chi connectivity index (χ0n) is 21.6. The van der Waals surface area contributed by atoms with Gasteiger partial charge in [0.1, 0.15) is 24.9 Å². The molecule has 1 atom stereocenters. The topological polar surface area (TPSA) is 88.1 Å². The summed E-state index contributed by atoms with van der Waals surface area (Å²) >= 11 is 3.47. The number of hydrogen-bond donors (Lipinski definition) is 2. The highest BCUT2D eigenvalue weighted by molar-refractivity contribution is 9.10. The maximum atomic E-state index is 13.7. The van der Waals surface area contributed by atoms with Gasteiger partial charge in [-0.3, -0.25) is 4.90 Å². The Kier molecular flexibility index (Phi) is 8.16. The number of rotatable bonds is 11. The number of hydrogen-bond acceptors (Lipinski definition) is 6. The van der Waals surface area contributed by atoms with Gasteiger partial charge >= 0.3 is 0 Å². The minimum atomic E-state index is -0.564. The van der Waals surface area contributed by atoms with E-state index >= 15 is 0 Å². The summed E-state index contributed by atoms with van der Waals surface area (Å²) in [7, 11) is 3.78. The first-order valence-electron chi connectivity index (χ1n) is 12.5. The van der Waals surface area contributed by atoms with Crippen LogP contribution in [-0.2, 0) is 16.0 Å². The van der Waals surface area contributed by atoms with Crippen LogP contribution in [-0.4, -0.2) is 58.2 Å². The molecule has 0 bridgehead atoms. The lowest BCUT2D eigenvalue weighted by atomic mass is 10.1. The van der Waals surface area contributed by atoms with E-state index in [-0.39, 0.29) is 12.4 Å². The molecule has 0 saturated heterocycles. The Labute approximate surface area is 233 Å². The summed E-state index contributed by atoms with van der Waals surface area (Å²) < 4.78 is 22.5. The molecule has 2 N–H and O–H groups in total. The maximum Gasteiger partial charge on any atom is 0.200 e. The number of carbonyl (C=O) groups is 1. The van der Waals surface area contributed by atoms with Crippen LogP contribution in [0.25, 0.3) is 28.0 Å². The average molecular weight is 591 g/mol. The third-order valence-corrected chi connectivity index (χ3v) is 7.00. The fraction of sp³-hybridized carbons (Fsp3) is 0.207. The number of likely N-dealkylation sites (N-methyl/N-ethyl adjacent to an activating group) is 1. The second kappa shape index (κ2) is 11.9. The quantitative estimate of drug-likeness (QED) is 0.150. The highest BCUT2D eigenvalue weighted by atomic mass is 79.9. The Balaban J connectivity index is 1.46. The summed E-state index contributed by atoms with van der Waals surface area (Å²) in [5.74, 6) is 0.396. The number of carbonyl (C=O) groups excluding carboxylic acids is 1. The molecular formula is C29H28BrFN6O2. The zero-order valence-corrected chi connectivity index (χ0v) is 23.2. The number of aldehydes is 1. The van der Waals surface area contributed by atoms with Gasteiger partial charge in [-0.1, -0.05) is 22.0 Å². The lowest BCUT2D eigenvalue weighted by Gasteiger charge is -2.27. The molecule has 0 spiro atoms. The van der Waals surface area contributed by atoms with Gasteiger partial charge in [-0.15, -0.1) is 0 Å². The van der Waals surface area contributed by atoms with Crippen molar-refractivity contribution in [2.45, 2.75) is 12.6 Å². The minimum absolute atomic E-state index is 0.0752. The number of nitrogens with zero attached hydrogens (tertiary/aromatic N) is 4. The molecule has 10 heteroatoms. The van der Waals surface area contributed by atoms with Crippen molar-refractivity contribution < 1.29 is 13.9 Å². The minimum Gasteiger partial charge on any atom is -0.359 e. The number of anilines is 1. The molecule has 0 fully saturated rings. The Morgan fingerprint density at radius 3 is 2.64 bits per heavy atom. The van der Waals surface area contributed by atoms with E-state index in [0.29, 0.717) is 12.2 Å². The molecule has 1 unspecified atom stereocenters. The van der Waals surface area contributed by atoms with Crippen molar-refractivity contribution in [3.05, 3.63) is 94.3 Å². The smallest absolute Gasteiger partial charge is 0.200 e. The van der Waals surface area contributed by atoms with Gasteiger partial charge in [-0.2, -0.15) is 5.10 Å². The molecule has 0 saturated carbocycles. The van der Waals surface area contributed by atoms with E-state index in [9.17, 15) is 9.18 Å². The fourth-order valence-corrected chi connectivity index (χ4v) is 4.73. The summed E-state index contributed by atoms with van der Waals surface area (Å²) in [6.07, 6.45) is 2.83. The molecule has 0 amide bonds. The maximum absolute atomic E-state index is 13.7. The summed E-state index contributed by atoms with van der Waals surface area (Å²) in [6, 6.07) is 20.1. The number of aromatic amines is 1. The largest absolute Gasteiger partial charge is 0.359 e. The number of nitrogens with one attached hydrogen (secondary N) is 2. The fourth-order valence-electron chi connectivity index (χ4n) is 4.46. The average Bonchev–Trinajstić information content (AvgIpc) is 3.57.